The van der Waals surface area contributed by atoms with E-state index in [0.717, 1.165) is 37.0 Å². The molecule has 0 saturated heterocycles. The summed E-state index contributed by atoms with van der Waals surface area (Å²) < 4.78 is 16.6. The van der Waals surface area contributed by atoms with Gasteiger partial charge in [0, 0.05) is 0 Å². The molecule has 0 unspecified atom stereocenters. The Hall–Kier alpha value is -2.37. The fourth-order valence-electron chi connectivity index (χ4n) is 3.68. The van der Waals surface area contributed by atoms with Crippen molar-refractivity contribution >= 4 is 5.97 Å². The van der Waals surface area contributed by atoms with Gasteiger partial charge >= 0.3 is 5.97 Å². The van der Waals surface area contributed by atoms with Gasteiger partial charge in [0.15, 0.2) is 0 Å². The van der Waals surface area contributed by atoms with Crippen molar-refractivity contribution in [1.29, 1.82) is 0 Å². The van der Waals surface area contributed by atoms with Crippen LogP contribution in [0.2, 0.25) is 0 Å². The number of hydrogen-bond donors (Lipinski definition) is 1. The number of hydrogen-bond acceptors (Lipinski definition) is 5. The average molecular weight is 383 g/mol. The number of carbonyl (C=O) groups is 1. The van der Waals surface area contributed by atoms with Crippen LogP contribution < -0.4 is 10.5 Å². The summed E-state index contributed by atoms with van der Waals surface area (Å²) in [6.45, 7) is 0.778. The van der Waals surface area contributed by atoms with Crippen molar-refractivity contribution in [2.45, 2.75) is 50.4 Å². The van der Waals surface area contributed by atoms with E-state index < -0.39 is 12.0 Å². The molecule has 0 bridgehead atoms. The predicted molar refractivity (Wildman–Crippen MR) is 108 cm³/mol. The third-order valence-corrected chi connectivity index (χ3v) is 5.29. The second-order valence-corrected chi connectivity index (χ2v) is 7.25. The van der Waals surface area contributed by atoms with Crippen molar-refractivity contribution in [3.8, 4) is 5.75 Å². The van der Waals surface area contributed by atoms with Crippen molar-refractivity contribution in [3.63, 3.8) is 0 Å². The van der Waals surface area contributed by atoms with Gasteiger partial charge in [-0.3, -0.25) is 4.79 Å². The summed E-state index contributed by atoms with van der Waals surface area (Å²) in [5.74, 6) is 0.989. The van der Waals surface area contributed by atoms with E-state index in [9.17, 15) is 4.79 Å². The minimum absolute atomic E-state index is 0.143. The van der Waals surface area contributed by atoms with Crippen LogP contribution in [0, 0.1) is 0 Å². The first-order chi connectivity index (χ1) is 13.7. The molecule has 28 heavy (non-hydrogen) atoms. The number of methoxy groups -OCH3 is 1. The van der Waals surface area contributed by atoms with Gasteiger partial charge in [0.25, 0.3) is 0 Å². The van der Waals surface area contributed by atoms with Crippen molar-refractivity contribution < 1.29 is 19.0 Å². The van der Waals surface area contributed by atoms with Gasteiger partial charge in [-0.15, -0.1) is 0 Å². The molecule has 5 nitrogen and oxygen atoms in total. The fraction of sp³-hybridized carbons (Fsp3) is 0.435. The Balaban J connectivity index is 1.52. The molecule has 1 atom stereocenters. The minimum atomic E-state index is -0.713. The molecular weight excluding hydrogens is 354 g/mol. The van der Waals surface area contributed by atoms with Crippen LogP contribution in [0.4, 0.5) is 0 Å². The van der Waals surface area contributed by atoms with Gasteiger partial charge in [-0.25, -0.2) is 0 Å². The van der Waals surface area contributed by atoms with Crippen molar-refractivity contribution in [1.82, 2.24) is 0 Å². The first-order valence-corrected chi connectivity index (χ1v) is 9.88. The van der Waals surface area contributed by atoms with E-state index in [-0.39, 0.29) is 12.7 Å². The van der Waals surface area contributed by atoms with Gasteiger partial charge < -0.3 is 19.9 Å². The summed E-state index contributed by atoms with van der Waals surface area (Å²) in [5.41, 5.74) is 8.18. The molecule has 1 fully saturated rings. The molecule has 0 heterocycles. The number of para-hydroxylation sites is 1. The highest BCUT2D eigenvalue weighted by Gasteiger charge is 2.26. The maximum Gasteiger partial charge on any atom is 0.325 e. The topological polar surface area (TPSA) is 70.8 Å². The number of nitrogens with two attached hydrogens (primary N) is 1. The fourth-order valence-corrected chi connectivity index (χ4v) is 3.68. The summed E-state index contributed by atoms with van der Waals surface area (Å²) in [4.78, 5) is 11.4. The lowest BCUT2D eigenvalue weighted by molar-refractivity contribution is -0.144. The minimum Gasteiger partial charge on any atom is -0.489 e. The zero-order valence-electron chi connectivity index (χ0n) is 16.4. The zero-order valence-corrected chi connectivity index (χ0v) is 16.4. The molecule has 150 valence electrons. The number of rotatable bonds is 8. The van der Waals surface area contributed by atoms with E-state index in [1.54, 1.807) is 0 Å². The Morgan fingerprint density at radius 3 is 2.43 bits per heavy atom. The van der Waals surface area contributed by atoms with Crippen LogP contribution in [0.5, 0.6) is 5.75 Å². The second-order valence-electron chi connectivity index (χ2n) is 7.25. The van der Waals surface area contributed by atoms with Gasteiger partial charge in [0.1, 0.15) is 18.4 Å². The van der Waals surface area contributed by atoms with E-state index in [1.165, 1.54) is 12.7 Å². The molecule has 0 aromatic heterocycles. The van der Waals surface area contributed by atoms with Gasteiger partial charge in [-0.2, -0.15) is 0 Å². The summed E-state index contributed by atoms with van der Waals surface area (Å²) in [7, 11) is 1.34. The lowest BCUT2D eigenvalue weighted by Crippen LogP contribution is -2.38. The molecule has 1 saturated carbocycles. The maximum absolute atomic E-state index is 11.4. The van der Waals surface area contributed by atoms with E-state index in [2.05, 4.69) is 35.1 Å². The highest BCUT2D eigenvalue weighted by atomic mass is 16.5. The Bertz CT molecular complexity index is 741. The first-order valence-electron chi connectivity index (χ1n) is 9.88. The third-order valence-electron chi connectivity index (χ3n) is 5.29. The monoisotopic (exact) mass is 383 g/mol. The Kier molecular flexibility index (Phi) is 7.46. The average Bonchev–Trinajstić information content (AvgIpc) is 2.76. The molecular formula is C23H29NO4. The van der Waals surface area contributed by atoms with Gasteiger partial charge in [0.05, 0.1) is 19.8 Å². The number of benzene rings is 2. The van der Waals surface area contributed by atoms with E-state index in [1.807, 2.05) is 24.3 Å². The Morgan fingerprint density at radius 1 is 1.04 bits per heavy atom. The Labute approximate surface area is 166 Å². The molecule has 2 N–H and O–H groups in total. The van der Waals surface area contributed by atoms with Crippen LogP contribution in [-0.2, 0) is 20.9 Å². The SMILES string of the molecule is COC(=O)[C@@H](N)COC1CCC(c2ccccc2OCc2ccccc2)CC1. The molecule has 1 aliphatic rings. The van der Waals surface area contributed by atoms with Gasteiger partial charge in [0.2, 0.25) is 0 Å². The van der Waals surface area contributed by atoms with E-state index in [4.69, 9.17) is 15.2 Å². The van der Waals surface area contributed by atoms with E-state index in [0.29, 0.717) is 12.5 Å². The molecule has 5 heteroatoms. The standard InChI is InChI=1S/C23H29NO4/c1-26-23(25)21(24)16-27-19-13-11-18(12-14-19)20-9-5-6-10-22(20)28-15-17-7-3-2-4-8-17/h2-10,18-19,21H,11-16,24H2,1H3/t18?,19?,21-/m0/s1. The second kappa shape index (κ2) is 10.2. The van der Waals surface area contributed by atoms with Crippen LogP contribution in [0.3, 0.4) is 0 Å². The summed E-state index contributed by atoms with van der Waals surface area (Å²) in [5, 5.41) is 0. The van der Waals surface area contributed by atoms with Gasteiger partial charge in [-0.1, -0.05) is 48.5 Å². The quantitative estimate of drug-likeness (QED) is 0.702. The highest BCUT2D eigenvalue weighted by molar-refractivity contribution is 5.75. The molecule has 0 spiro atoms. The van der Waals surface area contributed by atoms with Crippen molar-refractivity contribution in [3.05, 3.63) is 65.7 Å². The zero-order chi connectivity index (χ0) is 19.8. The Morgan fingerprint density at radius 2 is 1.71 bits per heavy atom. The first kappa shape index (κ1) is 20.4. The summed E-state index contributed by atoms with van der Waals surface area (Å²) in [6, 6.07) is 17.8. The van der Waals surface area contributed by atoms with Crippen LogP contribution >= 0.6 is 0 Å². The van der Waals surface area contributed by atoms with Crippen LogP contribution in [-0.4, -0.2) is 31.8 Å². The molecule has 0 amide bonds. The molecule has 0 aliphatic heterocycles. The molecule has 0 radical (unpaired) electrons. The molecule has 3 rings (SSSR count). The lowest BCUT2D eigenvalue weighted by Gasteiger charge is -2.30. The predicted octanol–water partition coefficient (Wildman–Crippen LogP) is 3.81. The van der Waals surface area contributed by atoms with Gasteiger partial charge in [-0.05, 0) is 48.8 Å². The van der Waals surface area contributed by atoms with Crippen LogP contribution in [0.25, 0.3) is 0 Å². The molecule has 2 aromatic rings. The summed E-state index contributed by atoms with van der Waals surface area (Å²) >= 11 is 0. The lowest BCUT2D eigenvalue weighted by atomic mass is 9.82. The summed E-state index contributed by atoms with van der Waals surface area (Å²) in [6.07, 6.45) is 4.11. The number of ether oxygens (including phenoxy) is 3. The normalized spacial score (nSPS) is 20.4. The van der Waals surface area contributed by atoms with Crippen molar-refractivity contribution in [2.75, 3.05) is 13.7 Å². The smallest absolute Gasteiger partial charge is 0.325 e. The van der Waals surface area contributed by atoms with Crippen LogP contribution in [0.1, 0.15) is 42.7 Å². The molecule has 1 aliphatic carbocycles. The third kappa shape index (κ3) is 5.57. The van der Waals surface area contributed by atoms with E-state index >= 15 is 0 Å². The highest BCUT2D eigenvalue weighted by Crippen LogP contribution is 2.38. The maximum atomic E-state index is 11.4. The number of esters is 1. The molecule has 2 aromatic carbocycles. The van der Waals surface area contributed by atoms with Crippen molar-refractivity contribution in [2.24, 2.45) is 5.73 Å². The largest absolute Gasteiger partial charge is 0.489 e. The van der Waals surface area contributed by atoms with Crippen LogP contribution in [0.15, 0.2) is 54.6 Å². The number of carbonyl (C=O) groups excluding carboxylic acids is 1.